The molecule has 1 saturated heterocycles. The van der Waals surface area contributed by atoms with Crippen molar-refractivity contribution in [2.24, 2.45) is 0 Å². The summed E-state index contributed by atoms with van der Waals surface area (Å²) in [6.07, 6.45) is 7.13. The van der Waals surface area contributed by atoms with E-state index in [9.17, 15) is 0 Å². The zero-order chi connectivity index (χ0) is 13.0. The van der Waals surface area contributed by atoms with Gasteiger partial charge in [-0.15, -0.1) is 0 Å². The molecule has 1 nitrogen and oxygen atoms in total. The minimum absolute atomic E-state index is 1.25. The molecule has 0 atom stereocenters. The SMILES string of the molecule is CC.CC.CC(C)=C/C=C(\C)N1CCCC1. The molecule has 1 aliphatic rings. The van der Waals surface area contributed by atoms with Crippen LogP contribution in [-0.4, -0.2) is 18.0 Å². The van der Waals surface area contributed by atoms with Crippen LogP contribution in [0.3, 0.4) is 0 Å². The summed E-state index contributed by atoms with van der Waals surface area (Å²) in [4.78, 5) is 2.46. The van der Waals surface area contributed by atoms with Crippen LogP contribution < -0.4 is 0 Å². The minimum atomic E-state index is 1.25. The fourth-order valence-electron chi connectivity index (χ4n) is 1.46. The van der Waals surface area contributed by atoms with Gasteiger partial charge in [0, 0.05) is 18.8 Å². The van der Waals surface area contributed by atoms with Crippen LogP contribution in [0.1, 0.15) is 61.3 Å². The Labute approximate surface area is 103 Å². The van der Waals surface area contributed by atoms with Gasteiger partial charge in [-0.25, -0.2) is 0 Å². The van der Waals surface area contributed by atoms with Crippen molar-refractivity contribution < 1.29 is 0 Å². The van der Waals surface area contributed by atoms with Crippen molar-refractivity contribution in [3.05, 3.63) is 23.4 Å². The van der Waals surface area contributed by atoms with Gasteiger partial charge in [0.1, 0.15) is 0 Å². The predicted octanol–water partition coefficient (Wildman–Crippen LogP) is 5.00. The molecule has 0 aromatic rings. The van der Waals surface area contributed by atoms with E-state index < -0.39 is 0 Å². The van der Waals surface area contributed by atoms with Gasteiger partial charge < -0.3 is 4.90 Å². The number of allylic oxidation sites excluding steroid dienone is 4. The molecule has 0 aliphatic carbocycles. The summed E-state index contributed by atoms with van der Waals surface area (Å²) >= 11 is 0. The molecular weight excluding hydrogens is 194 g/mol. The summed E-state index contributed by atoms with van der Waals surface area (Å²) in [5.74, 6) is 0. The van der Waals surface area contributed by atoms with Crippen molar-refractivity contribution in [2.45, 2.75) is 61.3 Å². The summed E-state index contributed by atoms with van der Waals surface area (Å²) in [6.45, 7) is 17.0. The van der Waals surface area contributed by atoms with Gasteiger partial charge in [-0.3, -0.25) is 0 Å². The van der Waals surface area contributed by atoms with Crippen LogP contribution in [-0.2, 0) is 0 Å². The minimum Gasteiger partial charge on any atom is -0.375 e. The van der Waals surface area contributed by atoms with E-state index in [1.165, 1.54) is 37.2 Å². The van der Waals surface area contributed by atoms with E-state index in [1.807, 2.05) is 27.7 Å². The molecule has 0 unspecified atom stereocenters. The first-order valence-corrected chi connectivity index (χ1v) is 6.77. The van der Waals surface area contributed by atoms with Crippen LogP contribution >= 0.6 is 0 Å². The van der Waals surface area contributed by atoms with Crippen molar-refractivity contribution in [2.75, 3.05) is 13.1 Å². The van der Waals surface area contributed by atoms with Crippen LogP contribution in [0.5, 0.6) is 0 Å². The van der Waals surface area contributed by atoms with Gasteiger partial charge in [-0.05, 0) is 39.7 Å². The normalized spacial score (nSPS) is 14.4. The maximum absolute atomic E-state index is 2.46. The van der Waals surface area contributed by atoms with Gasteiger partial charge in [0.2, 0.25) is 0 Å². The summed E-state index contributed by atoms with van der Waals surface area (Å²) in [6, 6.07) is 0. The van der Waals surface area contributed by atoms with Crippen LogP contribution in [0.4, 0.5) is 0 Å². The molecule has 0 saturated carbocycles. The molecule has 0 bridgehead atoms. The highest BCUT2D eigenvalue weighted by atomic mass is 15.1. The van der Waals surface area contributed by atoms with Gasteiger partial charge in [-0.2, -0.15) is 0 Å². The lowest BCUT2D eigenvalue weighted by Crippen LogP contribution is -2.16. The monoisotopic (exact) mass is 225 g/mol. The van der Waals surface area contributed by atoms with Crippen molar-refractivity contribution in [1.29, 1.82) is 0 Å². The molecule has 1 heterocycles. The highest BCUT2D eigenvalue weighted by Gasteiger charge is 2.10. The Bertz CT molecular complexity index is 191. The van der Waals surface area contributed by atoms with E-state index in [2.05, 4.69) is 37.8 Å². The van der Waals surface area contributed by atoms with Gasteiger partial charge in [0.15, 0.2) is 0 Å². The van der Waals surface area contributed by atoms with E-state index in [0.29, 0.717) is 0 Å². The molecule has 96 valence electrons. The molecule has 1 heteroatoms. The number of rotatable bonds is 2. The summed E-state index contributed by atoms with van der Waals surface area (Å²) in [5.41, 5.74) is 2.78. The van der Waals surface area contributed by atoms with E-state index >= 15 is 0 Å². The first-order valence-electron chi connectivity index (χ1n) is 6.77. The lowest BCUT2D eigenvalue weighted by Gasteiger charge is -2.17. The molecular formula is C15H31N. The third-order valence-electron chi connectivity index (χ3n) is 2.26. The largest absolute Gasteiger partial charge is 0.375 e. The fourth-order valence-corrected chi connectivity index (χ4v) is 1.46. The maximum Gasteiger partial charge on any atom is 0.0175 e. The Balaban J connectivity index is 0. The average Bonchev–Trinajstić information content (AvgIpc) is 2.85. The molecule has 0 radical (unpaired) electrons. The first-order chi connectivity index (χ1) is 7.70. The van der Waals surface area contributed by atoms with Crippen LogP contribution in [0.2, 0.25) is 0 Å². The molecule has 0 spiro atoms. The van der Waals surface area contributed by atoms with E-state index in [-0.39, 0.29) is 0 Å². The Morgan fingerprint density at radius 1 is 0.812 bits per heavy atom. The molecule has 0 aromatic heterocycles. The van der Waals surface area contributed by atoms with Crippen LogP contribution in [0.15, 0.2) is 23.4 Å². The smallest absolute Gasteiger partial charge is 0.0175 e. The topological polar surface area (TPSA) is 3.24 Å². The Morgan fingerprint density at radius 3 is 1.62 bits per heavy atom. The number of nitrogens with zero attached hydrogens (tertiary/aromatic N) is 1. The number of hydrogen-bond acceptors (Lipinski definition) is 1. The van der Waals surface area contributed by atoms with Crippen LogP contribution in [0, 0.1) is 0 Å². The van der Waals surface area contributed by atoms with E-state index in [0.717, 1.165) is 0 Å². The quantitative estimate of drug-likeness (QED) is 0.597. The van der Waals surface area contributed by atoms with Crippen molar-refractivity contribution in [3.8, 4) is 0 Å². The van der Waals surface area contributed by atoms with Crippen LogP contribution in [0.25, 0.3) is 0 Å². The van der Waals surface area contributed by atoms with Gasteiger partial charge in [-0.1, -0.05) is 39.3 Å². The summed E-state index contributed by atoms with van der Waals surface area (Å²) in [5, 5.41) is 0. The second kappa shape index (κ2) is 12.4. The second-order valence-corrected chi connectivity index (χ2v) is 3.75. The lowest BCUT2D eigenvalue weighted by molar-refractivity contribution is 0.428. The van der Waals surface area contributed by atoms with E-state index in [4.69, 9.17) is 0 Å². The predicted molar refractivity (Wildman–Crippen MR) is 76.7 cm³/mol. The molecule has 0 N–H and O–H groups in total. The van der Waals surface area contributed by atoms with E-state index in [1.54, 1.807) is 0 Å². The Hall–Kier alpha value is -0.720. The Morgan fingerprint density at radius 2 is 1.25 bits per heavy atom. The highest BCUT2D eigenvalue weighted by molar-refractivity contribution is 5.14. The lowest BCUT2D eigenvalue weighted by atomic mass is 10.3. The number of likely N-dealkylation sites (tertiary alicyclic amines) is 1. The fraction of sp³-hybridized carbons (Fsp3) is 0.733. The molecule has 1 aliphatic heterocycles. The standard InChI is InChI=1S/C11H19N.2C2H6/c1-10(2)6-7-11(3)12-8-4-5-9-12;2*1-2/h6-7H,4-5,8-9H2,1-3H3;2*1-2H3/b11-7+;;. The maximum atomic E-state index is 2.46. The zero-order valence-electron chi connectivity index (χ0n) is 12.4. The molecule has 1 fully saturated rings. The number of hydrogen-bond donors (Lipinski definition) is 0. The first kappa shape index (κ1) is 17.7. The van der Waals surface area contributed by atoms with Crippen molar-refractivity contribution in [1.82, 2.24) is 4.90 Å². The molecule has 16 heavy (non-hydrogen) atoms. The van der Waals surface area contributed by atoms with Crippen molar-refractivity contribution in [3.63, 3.8) is 0 Å². The second-order valence-electron chi connectivity index (χ2n) is 3.75. The third kappa shape index (κ3) is 8.58. The van der Waals surface area contributed by atoms with Gasteiger partial charge in [0.05, 0.1) is 0 Å². The molecule has 0 aromatic carbocycles. The Kier molecular flexibility index (Phi) is 13.6. The summed E-state index contributed by atoms with van der Waals surface area (Å²) in [7, 11) is 0. The average molecular weight is 225 g/mol. The molecule has 0 amide bonds. The third-order valence-corrected chi connectivity index (χ3v) is 2.26. The highest BCUT2D eigenvalue weighted by Crippen LogP contribution is 2.13. The van der Waals surface area contributed by atoms with Gasteiger partial charge in [0.25, 0.3) is 0 Å². The van der Waals surface area contributed by atoms with Crippen molar-refractivity contribution >= 4 is 0 Å². The summed E-state index contributed by atoms with van der Waals surface area (Å²) < 4.78 is 0. The zero-order valence-corrected chi connectivity index (χ0v) is 12.4. The molecule has 1 rings (SSSR count). The van der Waals surface area contributed by atoms with Gasteiger partial charge >= 0.3 is 0 Å².